The Morgan fingerprint density at radius 2 is 1.81 bits per heavy atom. The predicted molar refractivity (Wildman–Crippen MR) is 179 cm³/mol. The smallest absolute Gasteiger partial charge is 0.299 e. The zero-order valence-electron chi connectivity index (χ0n) is 25.8. The van der Waals surface area contributed by atoms with Crippen LogP contribution in [0.25, 0.3) is 27.3 Å². The molecule has 238 valence electrons. The van der Waals surface area contributed by atoms with E-state index in [1.165, 1.54) is 10.8 Å². The standard InChI is InChI=1S/C33H31N9O4S/c1-3-24-28(39-12-14-40(15-13-39)31(45)27-29(44)20(2)34-19-35-27)32(46)42-33(37-30(38-42)21-7-5-4-6-8-21)41(24)18-26(43)36-23-9-10-25-22(17-23)11-16-47-25/h4-11,16-17,19,44H,3,12-15,18H2,1-2H3,(H,36,43). The molecule has 2 aromatic carbocycles. The monoisotopic (exact) mass is 649 g/mol. The van der Waals surface area contributed by atoms with Crippen LogP contribution in [0.1, 0.15) is 28.8 Å². The Morgan fingerprint density at radius 1 is 1.02 bits per heavy atom. The van der Waals surface area contributed by atoms with Gasteiger partial charge < -0.3 is 24.8 Å². The molecule has 0 aliphatic carbocycles. The number of aromatic hydroxyl groups is 1. The molecule has 47 heavy (non-hydrogen) atoms. The molecule has 0 atom stereocenters. The molecule has 0 spiro atoms. The summed E-state index contributed by atoms with van der Waals surface area (Å²) in [4.78, 5) is 57.2. The van der Waals surface area contributed by atoms with Gasteiger partial charge in [0.15, 0.2) is 17.3 Å². The molecule has 5 heterocycles. The number of anilines is 2. The fraction of sp³-hybridized carbons (Fsp3) is 0.242. The first-order valence-electron chi connectivity index (χ1n) is 15.2. The van der Waals surface area contributed by atoms with Crippen LogP contribution in [-0.4, -0.2) is 77.1 Å². The number of thiophene rings is 1. The van der Waals surface area contributed by atoms with E-state index in [4.69, 9.17) is 4.98 Å². The van der Waals surface area contributed by atoms with Gasteiger partial charge in [-0.2, -0.15) is 9.50 Å². The number of hydrogen-bond donors (Lipinski definition) is 2. The maximum Gasteiger partial charge on any atom is 0.299 e. The van der Waals surface area contributed by atoms with E-state index in [9.17, 15) is 19.5 Å². The summed E-state index contributed by atoms with van der Waals surface area (Å²) in [6.07, 6.45) is 1.69. The summed E-state index contributed by atoms with van der Waals surface area (Å²) >= 11 is 1.63. The van der Waals surface area contributed by atoms with Crippen LogP contribution in [0.2, 0.25) is 0 Å². The first-order valence-corrected chi connectivity index (χ1v) is 16.1. The molecule has 1 aliphatic rings. The lowest BCUT2D eigenvalue weighted by Gasteiger charge is -2.36. The van der Waals surface area contributed by atoms with Crippen molar-refractivity contribution in [2.45, 2.75) is 26.8 Å². The quantitative estimate of drug-likeness (QED) is 0.264. The molecule has 7 rings (SSSR count). The number of hydrogen-bond acceptors (Lipinski definition) is 10. The molecule has 14 heteroatoms. The fourth-order valence-electron chi connectivity index (χ4n) is 5.93. The number of carbonyl (C=O) groups excluding carboxylic acids is 2. The van der Waals surface area contributed by atoms with E-state index < -0.39 is 5.91 Å². The van der Waals surface area contributed by atoms with E-state index in [1.807, 2.05) is 71.8 Å². The van der Waals surface area contributed by atoms with Crippen molar-refractivity contribution in [1.82, 2.24) is 34.0 Å². The average molecular weight is 650 g/mol. The lowest BCUT2D eigenvalue weighted by atomic mass is 10.2. The predicted octanol–water partition coefficient (Wildman–Crippen LogP) is 3.74. The SMILES string of the molecule is CCc1c(N2CCN(C(=O)c3ncnc(C)c3O)CC2)c(=O)n2nc(-c3ccccc3)nc2n1CC(=O)Nc1ccc2sccc2c1. The van der Waals surface area contributed by atoms with Gasteiger partial charge in [-0.05, 0) is 48.4 Å². The maximum atomic E-state index is 14.2. The number of fused-ring (bicyclic) bond motifs is 2. The topological polar surface area (TPSA) is 151 Å². The summed E-state index contributed by atoms with van der Waals surface area (Å²) in [5.41, 5.74) is 2.38. The molecule has 2 amide bonds. The lowest BCUT2D eigenvalue weighted by Crippen LogP contribution is -2.51. The normalized spacial score (nSPS) is 13.4. The summed E-state index contributed by atoms with van der Waals surface area (Å²) in [7, 11) is 0. The number of aryl methyl sites for hydroxylation is 1. The van der Waals surface area contributed by atoms with E-state index in [0.717, 1.165) is 15.6 Å². The Labute approximate surface area is 272 Å². The zero-order chi connectivity index (χ0) is 32.7. The van der Waals surface area contributed by atoms with Crippen molar-refractivity contribution < 1.29 is 14.7 Å². The van der Waals surface area contributed by atoms with Crippen LogP contribution < -0.4 is 15.8 Å². The molecule has 0 saturated carbocycles. The minimum Gasteiger partial charge on any atom is -0.504 e. The highest BCUT2D eigenvalue weighted by Crippen LogP contribution is 2.26. The number of nitrogens with zero attached hydrogens (tertiary/aromatic N) is 8. The van der Waals surface area contributed by atoms with E-state index in [0.29, 0.717) is 61.2 Å². The van der Waals surface area contributed by atoms with Crippen LogP contribution in [0.4, 0.5) is 11.4 Å². The van der Waals surface area contributed by atoms with Crippen LogP contribution in [0.3, 0.4) is 0 Å². The van der Waals surface area contributed by atoms with Crippen molar-refractivity contribution in [3.05, 3.63) is 93.7 Å². The molecule has 6 aromatic rings. The molecular formula is C33H31N9O4S. The summed E-state index contributed by atoms with van der Waals surface area (Å²) in [6, 6.07) is 17.2. The van der Waals surface area contributed by atoms with Gasteiger partial charge in [0.2, 0.25) is 11.7 Å². The molecule has 4 aromatic heterocycles. The average Bonchev–Trinajstić information content (AvgIpc) is 3.75. The third kappa shape index (κ3) is 5.56. The third-order valence-electron chi connectivity index (χ3n) is 8.32. The Hall–Kier alpha value is -5.63. The van der Waals surface area contributed by atoms with Gasteiger partial charge >= 0.3 is 0 Å². The van der Waals surface area contributed by atoms with E-state index in [1.54, 1.807) is 27.7 Å². The molecule has 1 aliphatic heterocycles. The van der Waals surface area contributed by atoms with Crippen molar-refractivity contribution >= 4 is 50.4 Å². The Balaban J connectivity index is 1.24. The molecule has 13 nitrogen and oxygen atoms in total. The number of nitrogens with one attached hydrogen (secondary N) is 1. The van der Waals surface area contributed by atoms with Crippen molar-refractivity contribution in [2.24, 2.45) is 0 Å². The van der Waals surface area contributed by atoms with Gasteiger partial charge in [-0.1, -0.05) is 37.3 Å². The van der Waals surface area contributed by atoms with Gasteiger partial charge in [0.25, 0.3) is 11.5 Å². The molecule has 0 unspecified atom stereocenters. The van der Waals surface area contributed by atoms with Crippen molar-refractivity contribution in [1.29, 1.82) is 0 Å². The van der Waals surface area contributed by atoms with Crippen LogP contribution in [0.5, 0.6) is 5.75 Å². The number of amides is 2. The Morgan fingerprint density at radius 3 is 2.57 bits per heavy atom. The van der Waals surface area contributed by atoms with Gasteiger partial charge in [0.1, 0.15) is 18.6 Å². The molecule has 1 fully saturated rings. The largest absolute Gasteiger partial charge is 0.504 e. The van der Waals surface area contributed by atoms with Crippen LogP contribution in [0, 0.1) is 6.92 Å². The third-order valence-corrected chi connectivity index (χ3v) is 9.22. The Bertz CT molecular complexity index is 2200. The minimum atomic E-state index is -0.405. The van der Waals surface area contributed by atoms with E-state index in [-0.39, 0.29) is 35.2 Å². The number of piperazine rings is 1. The molecule has 1 saturated heterocycles. The maximum absolute atomic E-state index is 14.2. The minimum absolute atomic E-state index is 0.0517. The first-order chi connectivity index (χ1) is 22.8. The molecule has 0 bridgehead atoms. The van der Waals surface area contributed by atoms with E-state index in [2.05, 4.69) is 20.4 Å². The van der Waals surface area contributed by atoms with Gasteiger partial charge in [-0.3, -0.25) is 14.4 Å². The number of carbonyl (C=O) groups is 2. The highest BCUT2D eigenvalue weighted by Gasteiger charge is 2.30. The molecular weight excluding hydrogens is 618 g/mol. The van der Waals surface area contributed by atoms with Crippen LogP contribution >= 0.6 is 11.3 Å². The van der Waals surface area contributed by atoms with Crippen LogP contribution in [0.15, 0.2) is 71.1 Å². The molecule has 2 N–H and O–H groups in total. The second-order valence-electron chi connectivity index (χ2n) is 11.2. The first kappa shape index (κ1) is 30.0. The second-order valence-corrected chi connectivity index (χ2v) is 12.2. The number of benzene rings is 2. The van der Waals surface area contributed by atoms with Crippen LogP contribution in [-0.2, 0) is 17.8 Å². The summed E-state index contributed by atoms with van der Waals surface area (Å²) < 4.78 is 4.15. The number of rotatable bonds is 7. The van der Waals surface area contributed by atoms with Gasteiger partial charge in [0, 0.05) is 42.1 Å². The Kier molecular flexibility index (Phi) is 7.85. The molecule has 0 radical (unpaired) electrons. The van der Waals surface area contributed by atoms with Gasteiger partial charge in [0.05, 0.1) is 11.4 Å². The van der Waals surface area contributed by atoms with Gasteiger partial charge in [-0.15, -0.1) is 16.4 Å². The zero-order valence-corrected chi connectivity index (χ0v) is 26.6. The summed E-state index contributed by atoms with van der Waals surface area (Å²) in [5.74, 6) is -0.283. The van der Waals surface area contributed by atoms with Crippen molar-refractivity contribution in [2.75, 3.05) is 36.4 Å². The highest BCUT2D eigenvalue weighted by molar-refractivity contribution is 7.17. The van der Waals surface area contributed by atoms with Crippen molar-refractivity contribution in [3.8, 4) is 17.1 Å². The fourth-order valence-corrected chi connectivity index (χ4v) is 6.70. The summed E-state index contributed by atoms with van der Waals surface area (Å²) in [6.45, 7) is 4.71. The van der Waals surface area contributed by atoms with Crippen molar-refractivity contribution in [3.63, 3.8) is 0 Å². The van der Waals surface area contributed by atoms with E-state index >= 15 is 0 Å². The summed E-state index contributed by atoms with van der Waals surface area (Å²) in [5, 5.41) is 21.0. The lowest BCUT2D eigenvalue weighted by molar-refractivity contribution is -0.116. The second kappa shape index (κ2) is 12.3. The van der Waals surface area contributed by atoms with Gasteiger partial charge in [-0.25, -0.2) is 9.97 Å². The highest BCUT2D eigenvalue weighted by atomic mass is 32.1. The number of aromatic nitrogens is 6.